The van der Waals surface area contributed by atoms with Gasteiger partial charge < -0.3 is 9.47 Å². The summed E-state index contributed by atoms with van der Waals surface area (Å²) in [4.78, 5) is 30.4. The molecule has 0 atom stereocenters. The molecule has 0 bridgehead atoms. The van der Waals surface area contributed by atoms with Gasteiger partial charge in [0.25, 0.3) is 0 Å². The number of fused-ring (bicyclic) bond motifs is 1. The number of esters is 1. The highest BCUT2D eigenvalue weighted by Crippen LogP contribution is 2.27. The number of carbonyl (C=O) groups is 2. The van der Waals surface area contributed by atoms with Crippen molar-refractivity contribution in [2.75, 3.05) is 11.4 Å². The first-order chi connectivity index (χ1) is 13.8. The molecule has 0 radical (unpaired) electrons. The Hall–Kier alpha value is -3.15. The highest BCUT2D eigenvalue weighted by molar-refractivity contribution is 5.89. The number of amides is 1. The third kappa shape index (κ3) is 5.91. The molecule has 2 aromatic rings. The zero-order valence-electron chi connectivity index (χ0n) is 17.1. The first-order valence-electron chi connectivity index (χ1n) is 9.70. The van der Waals surface area contributed by atoms with Gasteiger partial charge in [0.1, 0.15) is 18.0 Å². The third-order valence-corrected chi connectivity index (χ3v) is 4.30. The Morgan fingerprint density at radius 2 is 1.97 bits per heavy atom. The number of aryl methyl sites for hydroxylation is 1. The molecular formula is C23H26N2O4. The molecule has 1 aromatic carbocycles. The third-order valence-electron chi connectivity index (χ3n) is 4.30. The van der Waals surface area contributed by atoms with Gasteiger partial charge >= 0.3 is 12.1 Å². The van der Waals surface area contributed by atoms with Crippen LogP contribution in [-0.4, -0.2) is 29.2 Å². The number of aromatic nitrogens is 1. The lowest BCUT2D eigenvalue weighted by Crippen LogP contribution is -2.40. The van der Waals surface area contributed by atoms with Gasteiger partial charge in [0, 0.05) is 18.8 Å². The number of rotatable bonds is 4. The number of nitrogens with zero attached hydrogens (tertiary/aromatic N) is 2. The van der Waals surface area contributed by atoms with Gasteiger partial charge in [0.15, 0.2) is 0 Å². The molecule has 0 saturated heterocycles. The first kappa shape index (κ1) is 20.6. The van der Waals surface area contributed by atoms with Gasteiger partial charge in [0.2, 0.25) is 0 Å². The topological polar surface area (TPSA) is 68.7 Å². The van der Waals surface area contributed by atoms with Crippen LogP contribution in [0.5, 0.6) is 0 Å². The van der Waals surface area contributed by atoms with Crippen molar-refractivity contribution in [1.29, 1.82) is 0 Å². The van der Waals surface area contributed by atoms with Crippen LogP contribution in [0.15, 0.2) is 48.7 Å². The molecule has 0 spiro atoms. The molecule has 0 N–H and O–H groups in total. The van der Waals surface area contributed by atoms with Crippen molar-refractivity contribution >= 4 is 24.0 Å². The summed E-state index contributed by atoms with van der Waals surface area (Å²) in [7, 11) is 0. The maximum absolute atomic E-state index is 12.5. The van der Waals surface area contributed by atoms with Crippen molar-refractivity contribution in [1.82, 2.24) is 4.98 Å². The molecule has 1 amide bonds. The van der Waals surface area contributed by atoms with E-state index in [-0.39, 0.29) is 6.61 Å². The van der Waals surface area contributed by atoms with E-state index < -0.39 is 17.7 Å². The normalized spacial score (nSPS) is 13.8. The number of anilines is 1. The summed E-state index contributed by atoms with van der Waals surface area (Å²) >= 11 is 0. The summed E-state index contributed by atoms with van der Waals surface area (Å²) in [6.45, 7) is 6.34. The van der Waals surface area contributed by atoms with Crippen LogP contribution < -0.4 is 4.90 Å². The zero-order chi connectivity index (χ0) is 20.9. The van der Waals surface area contributed by atoms with E-state index in [0.29, 0.717) is 12.4 Å². The summed E-state index contributed by atoms with van der Waals surface area (Å²) in [5, 5.41) is 0. The number of ether oxygens (including phenoxy) is 2. The van der Waals surface area contributed by atoms with Crippen molar-refractivity contribution in [3.63, 3.8) is 0 Å². The van der Waals surface area contributed by atoms with E-state index in [2.05, 4.69) is 4.98 Å². The van der Waals surface area contributed by atoms with E-state index in [1.165, 1.54) is 6.08 Å². The van der Waals surface area contributed by atoms with Crippen molar-refractivity contribution in [2.24, 2.45) is 0 Å². The smallest absolute Gasteiger partial charge is 0.416 e. The van der Waals surface area contributed by atoms with E-state index >= 15 is 0 Å². The Morgan fingerprint density at radius 1 is 1.21 bits per heavy atom. The largest absolute Gasteiger partial charge is 0.458 e. The minimum Gasteiger partial charge on any atom is -0.458 e. The van der Waals surface area contributed by atoms with Crippen molar-refractivity contribution in [3.05, 3.63) is 65.4 Å². The maximum Gasteiger partial charge on any atom is 0.416 e. The van der Waals surface area contributed by atoms with Crippen molar-refractivity contribution in [3.8, 4) is 0 Å². The van der Waals surface area contributed by atoms with Crippen LogP contribution in [0, 0.1) is 0 Å². The summed E-state index contributed by atoms with van der Waals surface area (Å²) in [5.41, 5.74) is 2.12. The van der Waals surface area contributed by atoms with E-state index in [9.17, 15) is 9.59 Å². The second kappa shape index (κ2) is 8.90. The lowest BCUT2D eigenvalue weighted by molar-refractivity contribution is -0.138. The molecule has 0 fully saturated rings. The lowest BCUT2D eigenvalue weighted by atomic mass is 10.0. The standard InChI is InChI=1S/C23H26N2O4/c1-23(2,3)29-22(27)25-13-7-10-19-14-18(15-24-21(19)25)11-12-20(26)28-16-17-8-5-4-6-9-17/h4-6,8-9,11-12,14-15H,7,10,13,16H2,1-3H3/b12-11-. The monoisotopic (exact) mass is 394 g/mol. The minimum atomic E-state index is -0.558. The van der Waals surface area contributed by atoms with Crippen LogP contribution in [0.25, 0.3) is 6.08 Å². The summed E-state index contributed by atoms with van der Waals surface area (Å²) in [6.07, 6.45) is 5.97. The predicted molar refractivity (Wildman–Crippen MR) is 111 cm³/mol. The van der Waals surface area contributed by atoms with E-state index in [1.54, 1.807) is 17.2 Å². The summed E-state index contributed by atoms with van der Waals surface area (Å²) in [6, 6.07) is 11.5. The Labute approximate surface area is 171 Å². The van der Waals surface area contributed by atoms with Crippen LogP contribution in [0.2, 0.25) is 0 Å². The van der Waals surface area contributed by atoms with E-state index in [4.69, 9.17) is 9.47 Å². The predicted octanol–water partition coefficient (Wildman–Crippen LogP) is 4.53. The minimum absolute atomic E-state index is 0.233. The van der Waals surface area contributed by atoms with Gasteiger partial charge in [-0.15, -0.1) is 0 Å². The van der Waals surface area contributed by atoms with Crippen LogP contribution in [0.3, 0.4) is 0 Å². The van der Waals surface area contributed by atoms with Gasteiger partial charge in [0.05, 0.1) is 0 Å². The Balaban J connectivity index is 1.64. The number of hydrogen-bond acceptors (Lipinski definition) is 5. The maximum atomic E-state index is 12.5. The van der Waals surface area contributed by atoms with Crippen molar-refractivity contribution < 1.29 is 19.1 Å². The van der Waals surface area contributed by atoms with Gasteiger partial charge in [-0.05, 0) is 62.4 Å². The number of hydrogen-bond donors (Lipinski definition) is 0. The molecule has 152 valence electrons. The van der Waals surface area contributed by atoms with E-state index in [0.717, 1.165) is 29.5 Å². The SMILES string of the molecule is CC(C)(C)OC(=O)N1CCCc2cc(/C=C\C(=O)OCc3ccccc3)cnc21. The molecule has 1 aromatic heterocycles. The van der Waals surface area contributed by atoms with Crippen molar-refractivity contribution in [2.45, 2.75) is 45.8 Å². The fraction of sp³-hybridized carbons (Fsp3) is 0.348. The summed E-state index contributed by atoms with van der Waals surface area (Å²) < 4.78 is 10.7. The molecule has 0 saturated carbocycles. The number of pyridine rings is 1. The molecular weight excluding hydrogens is 368 g/mol. The molecule has 29 heavy (non-hydrogen) atoms. The average Bonchev–Trinajstić information content (AvgIpc) is 2.69. The fourth-order valence-electron chi connectivity index (χ4n) is 3.01. The second-order valence-electron chi connectivity index (χ2n) is 7.91. The molecule has 0 unspecified atom stereocenters. The molecule has 6 heteroatoms. The number of carbonyl (C=O) groups excluding carboxylic acids is 2. The Morgan fingerprint density at radius 3 is 2.69 bits per heavy atom. The van der Waals surface area contributed by atoms with E-state index in [1.807, 2.05) is 57.2 Å². The molecule has 6 nitrogen and oxygen atoms in total. The van der Waals surface area contributed by atoms with Crippen LogP contribution >= 0.6 is 0 Å². The highest BCUT2D eigenvalue weighted by Gasteiger charge is 2.28. The molecule has 2 heterocycles. The Bertz CT molecular complexity index is 901. The lowest BCUT2D eigenvalue weighted by Gasteiger charge is -2.30. The fourth-order valence-corrected chi connectivity index (χ4v) is 3.01. The van der Waals surface area contributed by atoms with Gasteiger partial charge in [-0.25, -0.2) is 14.6 Å². The quantitative estimate of drug-likeness (QED) is 0.563. The molecule has 0 aliphatic carbocycles. The molecule has 1 aliphatic heterocycles. The second-order valence-corrected chi connectivity index (χ2v) is 7.91. The van der Waals surface area contributed by atoms with Gasteiger partial charge in [-0.3, -0.25) is 4.90 Å². The zero-order valence-corrected chi connectivity index (χ0v) is 17.1. The van der Waals surface area contributed by atoms with Crippen LogP contribution in [0.4, 0.5) is 10.6 Å². The Kier molecular flexibility index (Phi) is 6.32. The van der Waals surface area contributed by atoms with Crippen LogP contribution in [-0.2, 0) is 27.3 Å². The number of benzene rings is 1. The first-order valence-corrected chi connectivity index (χ1v) is 9.70. The summed E-state index contributed by atoms with van der Waals surface area (Å²) in [5.74, 6) is 0.205. The van der Waals surface area contributed by atoms with Gasteiger partial charge in [-0.2, -0.15) is 0 Å². The average molecular weight is 394 g/mol. The molecule has 1 aliphatic rings. The highest BCUT2D eigenvalue weighted by atomic mass is 16.6. The van der Waals surface area contributed by atoms with Crippen LogP contribution in [0.1, 0.15) is 43.9 Å². The van der Waals surface area contributed by atoms with Gasteiger partial charge in [-0.1, -0.05) is 30.3 Å². The molecule has 3 rings (SSSR count).